The van der Waals surface area contributed by atoms with Gasteiger partial charge in [-0.15, -0.1) is 0 Å². The van der Waals surface area contributed by atoms with Crippen molar-refractivity contribution >= 4 is 22.0 Å². The molecule has 6 heteroatoms. The highest BCUT2D eigenvalue weighted by Crippen LogP contribution is 2.17. The second-order valence-electron chi connectivity index (χ2n) is 2.88. The largest absolute Gasteiger partial charge is 0.486 e. The summed E-state index contributed by atoms with van der Waals surface area (Å²) in [7, 11) is -3.29. The van der Waals surface area contributed by atoms with Gasteiger partial charge in [0.15, 0.2) is 6.29 Å². The smallest absolute Gasteiger partial charge is 0.229 e. The van der Waals surface area contributed by atoms with Gasteiger partial charge in [-0.1, -0.05) is 6.07 Å². The maximum Gasteiger partial charge on any atom is 0.229 e. The molecule has 82 valence electrons. The normalized spacial score (nSPS) is 10.7. The Bertz CT molecular complexity index is 441. The quantitative estimate of drug-likeness (QED) is 0.752. The van der Waals surface area contributed by atoms with Crippen molar-refractivity contribution in [2.75, 3.05) is 17.6 Å². The molecule has 0 aromatic heterocycles. The summed E-state index contributed by atoms with van der Waals surface area (Å²) in [5.41, 5.74) is 0.404. The van der Waals surface area contributed by atoms with E-state index in [2.05, 4.69) is 4.72 Å². The second-order valence-corrected chi connectivity index (χ2v) is 4.63. The molecule has 1 aromatic carbocycles. The third-order valence-corrected chi connectivity index (χ3v) is 2.06. The zero-order valence-corrected chi connectivity index (χ0v) is 8.95. The van der Waals surface area contributed by atoms with Crippen molar-refractivity contribution in [3.63, 3.8) is 0 Å². The van der Waals surface area contributed by atoms with Crippen LogP contribution in [0, 0.1) is 0 Å². The van der Waals surface area contributed by atoms with Crippen molar-refractivity contribution < 1.29 is 17.9 Å². The van der Waals surface area contributed by atoms with Crippen LogP contribution in [0.25, 0.3) is 0 Å². The number of rotatable bonds is 5. The van der Waals surface area contributed by atoms with Crippen molar-refractivity contribution in [2.45, 2.75) is 0 Å². The molecule has 15 heavy (non-hydrogen) atoms. The Hall–Kier alpha value is -1.56. The average molecular weight is 229 g/mol. The molecule has 5 nitrogen and oxygen atoms in total. The Labute approximate surface area is 88.1 Å². The van der Waals surface area contributed by atoms with Gasteiger partial charge in [-0.25, -0.2) is 8.42 Å². The van der Waals surface area contributed by atoms with Crippen molar-refractivity contribution in [1.82, 2.24) is 0 Å². The fraction of sp³-hybridized carbons (Fsp3) is 0.222. The van der Waals surface area contributed by atoms with E-state index in [1.54, 1.807) is 18.2 Å². The van der Waals surface area contributed by atoms with E-state index >= 15 is 0 Å². The van der Waals surface area contributed by atoms with E-state index in [1.165, 1.54) is 6.07 Å². The molecular weight excluding hydrogens is 218 g/mol. The number of hydrogen-bond donors (Lipinski definition) is 1. The van der Waals surface area contributed by atoms with E-state index < -0.39 is 10.0 Å². The van der Waals surface area contributed by atoms with Gasteiger partial charge in [0.1, 0.15) is 12.4 Å². The number of ether oxygens (including phenoxy) is 1. The maximum atomic E-state index is 10.9. The predicted molar refractivity (Wildman–Crippen MR) is 56.5 cm³/mol. The topological polar surface area (TPSA) is 72.5 Å². The first kappa shape index (κ1) is 11.5. The molecule has 0 amide bonds. The van der Waals surface area contributed by atoms with Gasteiger partial charge in [0, 0.05) is 6.07 Å². The molecule has 0 spiro atoms. The molecule has 0 aliphatic rings. The van der Waals surface area contributed by atoms with E-state index in [4.69, 9.17) is 4.74 Å². The summed E-state index contributed by atoms with van der Waals surface area (Å²) in [5, 5.41) is 0. The third-order valence-electron chi connectivity index (χ3n) is 1.46. The lowest BCUT2D eigenvalue weighted by atomic mass is 10.3. The van der Waals surface area contributed by atoms with E-state index in [0.29, 0.717) is 17.7 Å². The van der Waals surface area contributed by atoms with Gasteiger partial charge in [-0.05, 0) is 12.1 Å². The first-order valence-electron chi connectivity index (χ1n) is 4.15. The van der Waals surface area contributed by atoms with Gasteiger partial charge in [0.05, 0.1) is 11.9 Å². The summed E-state index contributed by atoms with van der Waals surface area (Å²) < 4.78 is 29.1. The van der Waals surface area contributed by atoms with Crippen LogP contribution in [-0.4, -0.2) is 27.6 Å². The van der Waals surface area contributed by atoms with E-state index in [-0.39, 0.29) is 6.61 Å². The summed E-state index contributed by atoms with van der Waals surface area (Å²) in [6.45, 7) is -0.0532. The summed E-state index contributed by atoms with van der Waals surface area (Å²) in [5.74, 6) is 0.441. The Morgan fingerprint density at radius 3 is 2.80 bits per heavy atom. The number of benzene rings is 1. The number of anilines is 1. The number of sulfonamides is 1. The van der Waals surface area contributed by atoms with Crippen LogP contribution in [0.15, 0.2) is 24.3 Å². The second kappa shape index (κ2) is 4.79. The summed E-state index contributed by atoms with van der Waals surface area (Å²) in [6.07, 6.45) is 1.68. The van der Waals surface area contributed by atoms with Crippen LogP contribution in [-0.2, 0) is 14.8 Å². The van der Waals surface area contributed by atoms with Crippen LogP contribution in [0.3, 0.4) is 0 Å². The van der Waals surface area contributed by atoms with Gasteiger partial charge in [-0.3, -0.25) is 9.52 Å². The average Bonchev–Trinajstić information content (AvgIpc) is 2.12. The molecule has 0 saturated heterocycles. The van der Waals surface area contributed by atoms with Gasteiger partial charge in [0.2, 0.25) is 10.0 Å². The molecule has 0 radical (unpaired) electrons. The first-order chi connectivity index (χ1) is 7.01. The van der Waals surface area contributed by atoms with Crippen LogP contribution in [0.1, 0.15) is 0 Å². The summed E-state index contributed by atoms with van der Waals surface area (Å²) in [6, 6.07) is 6.37. The summed E-state index contributed by atoms with van der Waals surface area (Å²) >= 11 is 0. The van der Waals surface area contributed by atoms with Crippen LogP contribution in [0.2, 0.25) is 0 Å². The lowest BCUT2D eigenvalue weighted by Gasteiger charge is -2.06. The molecule has 0 saturated carbocycles. The van der Waals surface area contributed by atoms with Crippen LogP contribution < -0.4 is 9.46 Å². The minimum absolute atomic E-state index is 0.0532. The van der Waals surface area contributed by atoms with E-state index in [0.717, 1.165) is 6.26 Å². The fourth-order valence-corrected chi connectivity index (χ4v) is 1.55. The Balaban J connectivity index is 2.78. The zero-order chi connectivity index (χ0) is 11.3. The fourth-order valence-electron chi connectivity index (χ4n) is 0.994. The number of nitrogens with one attached hydrogen (secondary N) is 1. The zero-order valence-electron chi connectivity index (χ0n) is 8.14. The summed E-state index contributed by atoms with van der Waals surface area (Å²) in [4.78, 5) is 10.1. The maximum absolute atomic E-state index is 10.9. The highest BCUT2D eigenvalue weighted by atomic mass is 32.2. The van der Waals surface area contributed by atoms with Crippen molar-refractivity contribution in [1.29, 1.82) is 0 Å². The van der Waals surface area contributed by atoms with Gasteiger partial charge in [0.25, 0.3) is 0 Å². The lowest BCUT2D eigenvalue weighted by molar-refractivity contribution is -0.109. The van der Waals surface area contributed by atoms with Crippen LogP contribution >= 0.6 is 0 Å². The molecule has 0 unspecified atom stereocenters. The van der Waals surface area contributed by atoms with E-state index in [9.17, 15) is 13.2 Å². The van der Waals surface area contributed by atoms with Gasteiger partial charge in [-0.2, -0.15) is 0 Å². The van der Waals surface area contributed by atoms with Crippen molar-refractivity contribution in [3.8, 4) is 5.75 Å². The highest BCUT2D eigenvalue weighted by Gasteiger charge is 2.02. The number of carbonyl (C=O) groups excluding carboxylic acids is 1. The first-order valence-corrected chi connectivity index (χ1v) is 6.05. The molecular formula is C9H11NO4S. The molecule has 1 N–H and O–H groups in total. The minimum atomic E-state index is -3.29. The van der Waals surface area contributed by atoms with Crippen molar-refractivity contribution in [3.05, 3.63) is 24.3 Å². The SMILES string of the molecule is CS(=O)(=O)Nc1cccc(OCC=O)c1. The minimum Gasteiger partial charge on any atom is -0.486 e. The van der Waals surface area contributed by atoms with Crippen LogP contribution in [0.4, 0.5) is 5.69 Å². The predicted octanol–water partition coefficient (Wildman–Crippen LogP) is 0.636. The number of aldehydes is 1. The Morgan fingerprint density at radius 1 is 1.47 bits per heavy atom. The molecule has 0 bridgehead atoms. The number of hydrogen-bond acceptors (Lipinski definition) is 4. The number of carbonyl (C=O) groups is 1. The third kappa shape index (κ3) is 4.46. The molecule has 0 atom stereocenters. The Kier molecular flexibility index (Phi) is 3.68. The highest BCUT2D eigenvalue weighted by molar-refractivity contribution is 7.92. The van der Waals surface area contributed by atoms with Crippen molar-refractivity contribution in [2.24, 2.45) is 0 Å². The molecule has 1 rings (SSSR count). The molecule has 0 heterocycles. The molecule has 0 fully saturated rings. The monoisotopic (exact) mass is 229 g/mol. The molecule has 1 aromatic rings. The van der Waals surface area contributed by atoms with Crippen LogP contribution in [0.5, 0.6) is 5.75 Å². The van der Waals surface area contributed by atoms with Gasteiger partial charge < -0.3 is 4.74 Å². The lowest BCUT2D eigenvalue weighted by Crippen LogP contribution is -2.09. The standard InChI is InChI=1S/C9H11NO4S/c1-15(12,13)10-8-3-2-4-9(7-8)14-6-5-11/h2-5,7,10H,6H2,1H3. The molecule has 0 aliphatic heterocycles. The van der Waals surface area contributed by atoms with Gasteiger partial charge >= 0.3 is 0 Å². The van der Waals surface area contributed by atoms with E-state index in [1.807, 2.05) is 0 Å². The Morgan fingerprint density at radius 2 is 2.20 bits per heavy atom. The molecule has 0 aliphatic carbocycles.